The van der Waals surface area contributed by atoms with Gasteiger partial charge in [-0.3, -0.25) is 4.79 Å². The van der Waals surface area contributed by atoms with Gasteiger partial charge in [0.15, 0.2) is 0 Å². The Labute approximate surface area is 123 Å². The van der Waals surface area contributed by atoms with Crippen LogP contribution in [0, 0.1) is 6.92 Å². The highest BCUT2D eigenvalue weighted by Crippen LogP contribution is 2.18. The smallest absolute Gasteiger partial charge is 0.354 e. The Balaban J connectivity index is 2.14. The minimum absolute atomic E-state index is 0.0684. The van der Waals surface area contributed by atoms with E-state index in [0.29, 0.717) is 11.3 Å². The van der Waals surface area contributed by atoms with Crippen LogP contribution in [0.3, 0.4) is 0 Å². The fourth-order valence-electron chi connectivity index (χ4n) is 1.53. The molecule has 0 aliphatic rings. The Kier molecular flexibility index (Phi) is 4.14. The Bertz CT molecular complexity index is 669. The number of hydrogen-bond acceptors (Lipinski definition) is 3. The molecular weight excluding hydrogens is 324 g/mol. The summed E-state index contributed by atoms with van der Waals surface area (Å²) >= 11 is 3.37. The van der Waals surface area contributed by atoms with E-state index in [-0.39, 0.29) is 11.6 Å². The maximum atomic E-state index is 12.0. The van der Waals surface area contributed by atoms with Gasteiger partial charge in [-0.15, -0.1) is 0 Å². The van der Waals surface area contributed by atoms with Crippen LogP contribution in [-0.2, 0) is 0 Å². The molecule has 5 nitrogen and oxygen atoms in total. The van der Waals surface area contributed by atoms with E-state index in [0.717, 1.165) is 10.0 Å². The summed E-state index contributed by atoms with van der Waals surface area (Å²) in [5.41, 5.74) is 1.91. The second kappa shape index (κ2) is 5.83. The molecule has 0 fully saturated rings. The van der Waals surface area contributed by atoms with Crippen LogP contribution >= 0.6 is 15.9 Å². The van der Waals surface area contributed by atoms with Crippen LogP contribution in [0.4, 0.5) is 5.69 Å². The van der Waals surface area contributed by atoms with Gasteiger partial charge in [0.25, 0.3) is 5.91 Å². The number of carbonyl (C=O) groups is 2. The molecule has 0 unspecified atom stereocenters. The van der Waals surface area contributed by atoms with E-state index in [1.807, 2.05) is 13.0 Å². The van der Waals surface area contributed by atoms with Gasteiger partial charge < -0.3 is 10.4 Å². The SMILES string of the molecule is Cc1ccc(C(=O)Nc2ccc(C(=O)O)nc2)cc1Br. The van der Waals surface area contributed by atoms with Crippen molar-refractivity contribution in [1.29, 1.82) is 0 Å². The largest absolute Gasteiger partial charge is 0.477 e. The first-order valence-electron chi connectivity index (χ1n) is 5.74. The Hall–Kier alpha value is -2.21. The third-order valence-corrected chi connectivity index (χ3v) is 3.53. The number of pyridine rings is 1. The number of nitrogens with one attached hydrogen (secondary N) is 1. The molecule has 0 aliphatic carbocycles. The zero-order valence-electron chi connectivity index (χ0n) is 10.6. The Morgan fingerprint density at radius 2 is 2.00 bits per heavy atom. The number of anilines is 1. The first-order valence-corrected chi connectivity index (χ1v) is 6.53. The molecule has 2 aromatic rings. The molecule has 20 heavy (non-hydrogen) atoms. The highest BCUT2D eigenvalue weighted by atomic mass is 79.9. The number of aromatic carboxylic acids is 1. The van der Waals surface area contributed by atoms with Crippen LogP contribution in [0.5, 0.6) is 0 Å². The Morgan fingerprint density at radius 1 is 1.25 bits per heavy atom. The van der Waals surface area contributed by atoms with Crippen molar-refractivity contribution < 1.29 is 14.7 Å². The van der Waals surface area contributed by atoms with Gasteiger partial charge in [-0.2, -0.15) is 0 Å². The van der Waals surface area contributed by atoms with E-state index in [9.17, 15) is 9.59 Å². The van der Waals surface area contributed by atoms with Crippen molar-refractivity contribution in [1.82, 2.24) is 4.98 Å². The number of halogens is 1. The Morgan fingerprint density at radius 3 is 2.55 bits per heavy atom. The summed E-state index contributed by atoms with van der Waals surface area (Å²) < 4.78 is 0.851. The van der Waals surface area contributed by atoms with E-state index in [4.69, 9.17) is 5.11 Å². The van der Waals surface area contributed by atoms with Crippen molar-refractivity contribution in [2.75, 3.05) is 5.32 Å². The molecule has 102 valence electrons. The predicted molar refractivity (Wildman–Crippen MR) is 78.0 cm³/mol. The normalized spacial score (nSPS) is 10.1. The van der Waals surface area contributed by atoms with Crippen molar-refractivity contribution in [3.8, 4) is 0 Å². The summed E-state index contributed by atoms with van der Waals surface area (Å²) in [7, 11) is 0. The maximum absolute atomic E-state index is 12.0. The lowest BCUT2D eigenvalue weighted by molar-refractivity contribution is 0.0690. The molecule has 1 heterocycles. The molecule has 0 saturated heterocycles. The van der Waals surface area contributed by atoms with E-state index in [1.165, 1.54) is 18.3 Å². The summed E-state index contributed by atoms with van der Waals surface area (Å²) in [5, 5.41) is 11.4. The highest BCUT2D eigenvalue weighted by Gasteiger charge is 2.09. The number of benzene rings is 1. The standard InChI is InChI=1S/C14H11BrN2O3/c1-8-2-3-9(6-11(8)15)13(18)17-10-4-5-12(14(19)20)16-7-10/h2-7H,1H3,(H,17,18)(H,19,20). The van der Waals surface area contributed by atoms with Crippen LogP contribution in [-0.4, -0.2) is 22.0 Å². The van der Waals surface area contributed by atoms with Crippen molar-refractivity contribution in [2.24, 2.45) is 0 Å². The van der Waals surface area contributed by atoms with Crippen LogP contribution in [0.1, 0.15) is 26.4 Å². The van der Waals surface area contributed by atoms with Crippen molar-refractivity contribution in [2.45, 2.75) is 6.92 Å². The van der Waals surface area contributed by atoms with Gasteiger partial charge in [0.2, 0.25) is 0 Å². The molecular formula is C14H11BrN2O3. The fourth-order valence-corrected chi connectivity index (χ4v) is 1.91. The van der Waals surface area contributed by atoms with Crippen LogP contribution < -0.4 is 5.32 Å². The number of nitrogens with zero attached hydrogens (tertiary/aromatic N) is 1. The fraction of sp³-hybridized carbons (Fsp3) is 0.0714. The molecule has 0 saturated carbocycles. The van der Waals surface area contributed by atoms with Crippen molar-refractivity contribution in [3.63, 3.8) is 0 Å². The number of carboxylic acid groups (broad SMARTS) is 1. The molecule has 2 N–H and O–H groups in total. The molecule has 6 heteroatoms. The van der Waals surface area contributed by atoms with E-state index in [2.05, 4.69) is 26.2 Å². The molecule has 0 bridgehead atoms. The summed E-state index contributed by atoms with van der Waals surface area (Å²) in [6.07, 6.45) is 1.31. The van der Waals surface area contributed by atoms with Crippen molar-refractivity contribution >= 4 is 33.5 Å². The molecule has 1 aromatic heterocycles. The van der Waals surface area contributed by atoms with Gasteiger partial charge in [0.05, 0.1) is 11.9 Å². The second-order valence-corrected chi connectivity index (χ2v) is 5.01. The minimum atomic E-state index is -1.11. The van der Waals surface area contributed by atoms with Crippen LogP contribution in [0.15, 0.2) is 41.0 Å². The third-order valence-electron chi connectivity index (χ3n) is 2.67. The van der Waals surface area contributed by atoms with Gasteiger partial charge in [-0.05, 0) is 36.8 Å². The minimum Gasteiger partial charge on any atom is -0.477 e. The first kappa shape index (κ1) is 14.2. The number of carbonyl (C=O) groups excluding carboxylic acids is 1. The molecule has 0 spiro atoms. The lowest BCUT2D eigenvalue weighted by Gasteiger charge is -2.06. The topological polar surface area (TPSA) is 79.3 Å². The number of rotatable bonds is 3. The lowest BCUT2D eigenvalue weighted by Crippen LogP contribution is -2.12. The summed E-state index contributed by atoms with van der Waals surface area (Å²) in [6, 6.07) is 8.11. The summed E-state index contributed by atoms with van der Waals surface area (Å²) in [5.74, 6) is -1.39. The van der Waals surface area contributed by atoms with Gasteiger partial charge >= 0.3 is 5.97 Å². The van der Waals surface area contributed by atoms with Crippen LogP contribution in [0.25, 0.3) is 0 Å². The maximum Gasteiger partial charge on any atom is 0.354 e. The third kappa shape index (κ3) is 3.21. The van der Waals surface area contributed by atoms with E-state index in [1.54, 1.807) is 12.1 Å². The average Bonchev–Trinajstić information content (AvgIpc) is 2.42. The molecule has 2 rings (SSSR count). The molecule has 0 radical (unpaired) electrons. The molecule has 1 amide bonds. The van der Waals surface area contributed by atoms with Crippen LogP contribution in [0.2, 0.25) is 0 Å². The number of hydrogen-bond donors (Lipinski definition) is 2. The first-order chi connectivity index (χ1) is 9.47. The van der Waals surface area contributed by atoms with Gasteiger partial charge in [-0.1, -0.05) is 22.0 Å². The lowest BCUT2D eigenvalue weighted by atomic mass is 10.1. The zero-order chi connectivity index (χ0) is 14.7. The molecule has 0 aliphatic heterocycles. The zero-order valence-corrected chi connectivity index (χ0v) is 12.1. The quantitative estimate of drug-likeness (QED) is 0.903. The second-order valence-electron chi connectivity index (χ2n) is 4.16. The molecule has 1 aromatic carbocycles. The number of carboxylic acids is 1. The molecule has 0 atom stereocenters. The number of aromatic nitrogens is 1. The number of aryl methyl sites for hydroxylation is 1. The van der Waals surface area contributed by atoms with Crippen molar-refractivity contribution in [3.05, 3.63) is 57.8 Å². The monoisotopic (exact) mass is 334 g/mol. The predicted octanol–water partition coefficient (Wildman–Crippen LogP) is 3.10. The average molecular weight is 335 g/mol. The van der Waals surface area contributed by atoms with E-state index < -0.39 is 5.97 Å². The summed E-state index contributed by atoms with van der Waals surface area (Å²) in [4.78, 5) is 26.4. The number of amides is 1. The van der Waals surface area contributed by atoms with Gasteiger partial charge in [-0.25, -0.2) is 9.78 Å². The van der Waals surface area contributed by atoms with E-state index >= 15 is 0 Å². The highest BCUT2D eigenvalue weighted by molar-refractivity contribution is 9.10. The summed E-state index contributed by atoms with van der Waals surface area (Å²) in [6.45, 7) is 1.93. The van der Waals surface area contributed by atoms with Gasteiger partial charge in [0, 0.05) is 10.0 Å². The van der Waals surface area contributed by atoms with Gasteiger partial charge in [0.1, 0.15) is 5.69 Å².